The average Bonchev–Trinajstić information content (AvgIpc) is 3.44. The van der Waals surface area contributed by atoms with Crippen molar-refractivity contribution in [3.8, 4) is 0 Å². The number of aliphatic hydroxyl groups excluding tert-OH is 1. The molecule has 40 heavy (non-hydrogen) atoms. The number of carbonyl (C=O) groups is 3. The zero-order valence-corrected chi connectivity index (χ0v) is 24.9. The zero-order valence-electron chi connectivity index (χ0n) is 24.9. The maximum atomic E-state index is 14.7. The van der Waals surface area contributed by atoms with E-state index < -0.39 is 35.1 Å². The lowest BCUT2D eigenvalue weighted by Crippen LogP contribution is -2.58. The standard InChI is InChI=1S/C32H45N3O5/c1-9-14-33(15-10-2)28(37)25-26-29(38)35(23(7)19-36)27(32(26)18-22(6)31(25,8)40-32)30(39)34(16-11-3)24-17-20(4)12-13-21(24)5/h9,11-13,17,22-23,25-27,36H,1,3,10,14-16,18-19H2,2,4-8H3/t22?,23-,25+,26+,27?,31-,32?/m1/s1. The van der Waals surface area contributed by atoms with Crippen LogP contribution >= 0.6 is 0 Å². The molecule has 3 aliphatic rings. The summed E-state index contributed by atoms with van der Waals surface area (Å²) in [5.41, 5.74) is 0.582. The summed E-state index contributed by atoms with van der Waals surface area (Å²) >= 11 is 0. The third kappa shape index (κ3) is 4.40. The first-order valence-electron chi connectivity index (χ1n) is 14.5. The lowest BCUT2D eigenvalue weighted by molar-refractivity contribution is -0.153. The zero-order chi connectivity index (χ0) is 29.6. The highest BCUT2D eigenvalue weighted by atomic mass is 16.5. The van der Waals surface area contributed by atoms with Crippen LogP contribution in [0, 0.1) is 31.6 Å². The molecule has 8 heteroatoms. The van der Waals surface area contributed by atoms with Crippen LogP contribution in [0.2, 0.25) is 0 Å². The minimum absolute atomic E-state index is 0.0639. The van der Waals surface area contributed by atoms with E-state index >= 15 is 0 Å². The molecular formula is C32H45N3O5. The molecule has 1 aromatic rings. The quantitative estimate of drug-likeness (QED) is 0.424. The summed E-state index contributed by atoms with van der Waals surface area (Å²) in [4.78, 5) is 48.2. The van der Waals surface area contributed by atoms with Crippen molar-refractivity contribution in [1.82, 2.24) is 9.80 Å². The molecule has 1 aromatic carbocycles. The molecule has 0 saturated carbocycles. The summed E-state index contributed by atoms with van der Waals surface area (Å²) in [7, 11) is 0. The fraction of sp³-hybridized carbons (Fsp3) is 0.594. The second-order valence-corrected chi connectivity index (χ2v) is 12.1. The average molecular weight is 552 g/mol. The predicted octanol–water partition coefficient (Wildman–Crippen LogP) is 3.64. The van der Waals surface area contributed by atoms with Gasteiger partial charge in [0.25, 0.3) is 5.91 Å². The van der Waals surface area contributed by atoms with Crippen molar-refractivity contribution in [2.24, 2.45) is 17.8 Å². The van der Waals surface area contributed by atoms with Gasteiger partial charge < -0.3 is 24.5 Å². The van der Waals surface area contributed by atoms with Gasteiger partial charge in [0.15, 0.2) is 0 Å². The van der Waals surface area contributed by atoms with Crippen LogP contribution in [0.5, 0.6) is 0 Å². The Hall–Kier alpha value is -2.97. The van der Waals surface area contributed by atoms with Crippen molar-refractivity contribution in [3.05, 3.63) is 54.6 Å². The van der Waals surface area contributed by atoms with Gasteiger partial charge in [-0.2, -0.15) is 0 Å². The van der Waals surface area contributed by atoms with E-state index in [1.807, 2.05) is 52.8 Å². The number of fused-ring (bicyclic) bond motifs is 1. The highest BCUT2D eigenvalue weighted by molar-refractivity contribution is 6.05. The fourth-order valence-corrected chi connectivity index (χ4v) is 7.40. The lowest BCUT2D eigenvalue weighted by Gasteiger charge is -2.39. The Bertz CT molecular complexity index is 1200. The Balaban J connectivity index is 1.88. The van der Waals surface area contributed by atoms with Gasteiger partial charge in [-0.25, -0.2) is 0 Å². The van der Waals surface area contributed by atoms with Gasteiger partial charge in [0, 0.05) is 25.3 Å². The highest BCUT2D eigenvalue weighted by Gasteiger charge is 2.80. The molecule has 0 radical (unpaired) electrons. The van der Waals surface area contributed by atoms with E-state index in [4.69, 9.17) is 4.74 Å². The van der Waals surface area contributed by atoms with Crippen LogP contribution in [0.4, 0.5) is 5.69 Å². The maximum absolute atomic E-state index is 14.7. The number of nitrogens with zero attached hydrogens (tertiary/aromatic N) is 3. The van der Waals surface area contributed by atoms with Crippen LogP contribution in [0.25, 0.3) is 0 Å². The number of hydrogen-bond donors (Lipinski definition) is 1. The summed E-state index contributed by atoms with van der Waals surface area (Å²) in [5.74, 6) is -2.36. The number of aryl methyl sites for hydroxylation is 2. The number of carbonyl (C=O) groups excluding carboxylic acids is 3. The fourth-order valence-electron chi connectivity index (χ4n) is 7.40. The van der Waals surface area contributed by atoms with Crippen LogP contribution in [-0.2, 0) is 19.1 Å². The summed E-state index contributed by atoms with van der Waals surface area (Å²) in [6, 6.07) is 4.30. The topological polar surface area (TPSA) is 90.4 Å². The van der Waals surface area contributed by atoms with Crippen molar-refractivity contribution in [3.63, 3.8) is 0 Å². The summed E-state index contributed by atoms with van der Waals surface area (Å²) in [6.07, 6.45) is 4.61. The third-order valence-electron chi connectivity index (χ3n) is 9.38. The molecule has 0 aromatic heterocycles. The van der Waals surface area contributed by atoms with Crippen LogP contribution in [-0.4, -0.2) is 82.2 Å². The molecular weight excluding hydrogens is 506 g/mol. The molecule has 1 spiro atoms. The summed E-state index contributed by atoms with van der Waals surface area (Å²) in [5, 5.41) is 10.2. The van der Waals surface area contributed by atoms with Crippen molar-refractivity contribution < 1.29 is 24.2 Å². The normalized spacial score (nSPS) is 31.2. The second-order valence-electron chi connectivity index (χ2n) is 12.1. The molecule has 3 fully saturated rings. The Morgan fingerprint density at radius 2 is 1.90 bits per heavy atom. The first-order chi connectivity index (χ1) is 18.9. The van der Waals surface area contributed by atoms with E-state index in [1.165, 1.54) is 4.90 Å². The van der Waals surface area contributed by atoms with Crippen molar-refractivity contribution >= 4 is 23.4 Å². The minimum Gasteiger partial charge on any atom is -0.394 e. The number of ether oxygens (including phenoxy) is 1. The minimum atomic E-state index is -1.19. The van der Waals surface area contributed by atoms with Gasteiger partial charge in [0.05, 0.1) is 30.1 Å². The van der Waals surface area contributed by atoms with Gasteiger partial charge in [-0.3, -0.25) is 14.4 Å². The largest absolute Gasteiger partial charge is 0.394 e. The van der Waals surface area contributed by atoms with Gasteiger partial charge in [-0.15, -0.1) is 13.2 Å². The first-order valence-corrected chi connectivity index (χ1v) is 14.5. The monoisotopic (exact) mass is 551 g/mol. The predicted molar refractivity (Wildman–Crippen MR) is 156 cm³/mol. The van der Waals surface area contributed by atoms with Gasteiger partial charge in [-0.05, 0) is 63.6 Å². The van der Waals surface area contributed by atoms with Crippen LogP contribution in [0.15, 0.2) is 43.5 Å². The third-order valence-corrected chi connectivity index (χ3v) is 9.38. The highest BCUT2D eigenvalue weighted by Crippen LogP contribution is 2.65. The first kappa shape index (κ1) is 30.0. The van der Waals surface area contributed by atoms with E-state index in [0.717, 1.165) is 23.2 Å². The molecule has 2 bridgehead atoms. The number of hydrogen-bond acceptors (Lipinski definition) is 5. The van der Waals surface area contributed by atoms with Gasteiger partial charge in [-0.1, -0.05) is 38.1 Å². The van der Waals surface area contributed by atoms with Crippen molar-refractivity contribution in [1.29, 1.82) is 0 Å². The van der Waals surface area contributed by atoms with Crippen LogP contribution < -0.4 is 4.90 Å². The Kier molecular flexibility index (Phi) is 8.35. The SMILES string of the molecule is C=CCN(CCC)C(=O)[C@@H]1[C@H]2C(=O)N([C@H](C)CO)C(C(=O)N(CC=C)c3cc(C)ccc3C)C23CC(C)[C@@]1(C)O3. The molecule has 8 nitrogen and oxygen atoms in total. The number of amides is 3. The second kappa shape index (κ2) is 11.1. The smallest absolute Gasteiger partial charge is 0.253 e. The molecule has 3 saturated heterocycles. The van der Waals surface area contributed by atoms with Gasteiger partial charge >= 0.3 is 0 Å². The molecule has 218 valence electrons. The summed E-state index contributed by atoms with van der Waals surface area (Å²) < 4.78 is 6.88. The molecule has 1 N–H and O–H groups in total. The molecule has 3 aliphatic heterocycles. The number of benzene rings is 1. The van der Waals surface area contributed by atoms with E-state index in [9.17, 15) is 19.5 Å². The number of likely N-dealkylation sites (tertiary alicyclic amines) is 1. The molecule has 3 heterocycles. The van der Waals surface area contributed by atoms with Gasteiger partial charge in [0.1, 0.15) is 11.6 Å². The van der Waals surface area contributed by atoms with Crippen LogP contribution in [0.1, 0.15) is 51.7 Å². The number of aliphatic hydroxyl groups is 1. The van der Waals surface area contributed by atoms with Gasteiger partial charge in [0.2, 0.25) is 11.8 Å². The molecule has 7 atom stereocenters. The van der Waals surface area contributed by atoms with E-state index in [2.05, 4.69) is 13.2 Å². The maximum Gasteiger partial charge on any atom is 0.253 e. The van der Waals surface area contributed by atoms with E-state index in [-0.39, 0.29) is 36.8 Å². The van der Waals surface area contributed by atoms with Crippen molar-refractivity contribution in [2.45, 2.75) is 77.7 Å². The molecule has 0 aliphatic carbocycles. The summed E-state index contributed by atoms with van der Waals surface area (Å²) in [6.45, 7) is 20.2. The van der Waals surface area contributed by atoms with Crippen LogP contribution in [0.3, 0.4) is 0 Å². The Morgan fingerprint density at radius 3 is 2.50 bits per heavy atom. The Labute approximate surface area is 238 Å². The Morgan fingerprint density at radius 1 is 1.23 bits per heavy atom. The molecule has 3 unspecified atom stereocenters. The lowest BCUT2D eigenvalue weighted by atomic mass is 9.62. The van der Waals surface area contributed by atoms with E-state index in [0.29, 0.717) is 19.5 Å². The molecule has 3 amide bonds. The molecule has 4 rings (SSSR count). The number of anilines is 1. The number of rotatable bonds is 11. The van der Waals surface area contributed by atoms with E-state index in [1.54, 1.807) is 28.9 Å². The van der Waals surface area contributed by atoms with Crippen molar-refractivity contribution in [2.75, 3.05) is 31.1 Å².